The molecule has 1 aromatic rings. The fourth-order valence-corrected chi connectivity index (χ4v) is 5.31. The van der Waals surface area contributed by atoms with E-state index in [2.05, 4.69) is 14.5 Å². The molecule has 0 aromatic carbocycles. The quantitative estimate of drug-likeness (QED) is 0.770. The molecule has 22 heavy (non-hydrogen) atoms. The monoisotopic (exact) mass is 328 g/mol. The Kier molecular flexibility index (Phi) is 4.17. The molecule has 0 aliphatic carbocycles. The average molecular weight is 328 g/mol. The molecule has 2 fully saturated rings. The number of hydrogen-bond acceptors (Lipinski definition) is 6. The van der Waals surface area contributed by atoms with Crippen LogP contribution in [0.1, 0.15) is 12.1 Å². The van der Waals surface area contributed by atoms with Crippen LogP contribution in [0.25, 0.3) is 0 Å². The molecular weight excluding hydrogens is 304 g/mol. The molecule has 0 N–H and O–H groups in total. The predicted molar refractivity (Wildman–Crippen MR) is 84.7 cm³/mol. The molecule has 1 aromatic heterocycles. The molecule has 0 radical (unpaired) electrons. The molecule has 0 saturated carbocycles. The SMILES string of the molecule is CN(C)c1ncc(CN2CCS(=O)(=O)C3COCCC32)n1C. The largest absolute Gasteiger partial charge is 0.380 e. The first-order valence-corrected chi connectivity index (χ1v) is 9.33. The summed E-state index contributed by atoms with van der Waals surface area (Å²) < 4.78 is 32.0. The van der Waals surface area contributed by atoms with Crippen molar-refractivity contribution in [2.75, 3.05) is 44.5 Å². The molecule has 0 spiro atoms. The van der Waals surface area contributed by atoms with Crippen LogP contribution in [0.2, 0.25) is 0 Å². The summed E-state index contributed by atoms with van der Waals surface area (Å²) in [5.41, 5.74) is 1.10. The maximum atomic E-state index is 12.2. The van der Waals surface area contributed by atoms with Gasteiger partial charge < -0.3 is 14.2 Å². The molecule has 0 bridgehead atoms. The van der Waals surface area contributed by atoms with Crippen molar-refractivity contribution in [1.29, 1.82) is 0 Å². The van der Waals surface area contributed by atoms with Crippen molar-refractivity contribution in [2.24, 2.45) is 7.05 Å². The van der Waals surface area contributed by atoms with Gasteiger partial charge in [-0.3, -0.25) is 4.90 Å². The second-order valence-electron chi connectivity index (χ2n) is 6.31. The van der Waals surface area contributed by atoms with Crippen molar-refractivity contribution in [3.8, 4) is 0 Å². The second kappa shape index (κ2) is 5.82. The van der Waals surface area contributed by atoms with E-state index >= 15 is 0 Å². The van der Waals surface area contributed by atoms with Crippen LogP contribution in [0.15, 0.2) is 6.20 Å². The minimum Gasteiger partial charge on any atom is -0.380 e. The van der Waals surface area contributed by atoms with Crippen molar-refractivity contribution in [3.05, 3.63) is 11.9 Å². The van der Waals surface area contributed by atoms with Gasteiger partial charge in [-0.05, 0) is 6.42 Å². The standard InChI is InChI=1S/C14H24N4O3S/c1-16(2)14-15-8-11(17(14)3)9-18-5-7-22(19,20)13-10-21-6-4-12(13)18/h8,12-13H,4-7,9-10H2,1-3H3. The van der Waals surface area contributed by atoms with Crippen molar-refractivity contribution < 1.29 is 13.2 Å². The number of imidazole rings is 1. The van der Waals surface area contributed by atoms with Gasteiger partial charge in [-0.25, -0.2) is 13.4 Å². The molecule has 2 saturated heterocycles. The lowest BCUT2D eigenvalue weighted by atomic mass is 10.1. The van der Waals surface area contributed by atoms with Crippen molar-refractivity contribution in [2.45, 2.75) is 24.3 Å². The summed E-state index contributed by atoms with van der Waals surface area (Å²) >= 11 is 0. The number of nitrogens with zero attached hydrogens (tertiary/aromatic N) is 4. The van der Waals surface area contributed by atoms with Gasteiger partial charge in [-0.1, -0.05) is 0 Å². The Morgan fingerprint density at radius 1 is 1.45 bits per heavy atom. The van der Waals surface area contributed by atoms with Gasteiger partial charge in [0.2, 0.25) is 5.95 Å². The zero-order valence-corrected chi connectivity index (χ0v) is 14.2. The third kappa shape index (κ3) is 2.75. The highest BCUT2D eigenvalue weighted by Crippen LogP contribution is 2.27. The van der Waals surface area contributed by atoms with Gasteiger partial charge in [0.15, 0.2) is 9.84 Å². The molecule has 8 heteroatoms. The number of rotatable bonds is 3. The predicted octanol–water partition coefficient (Wildman–Crippen LogP) is -0.126. The maximum absolute atomic E-state index is 12.2. The Bertz CT molecular complexity index is 641. The van der Waals surface area contributed by atoms with Crippen LogP contribution < -0.4 is 4.90 Å². The van der Waals surface area contributed by atoms with Gasteiger partial charge in [-0.15, -0.1) is 0 Å². The smallest absolute Gasteiger partial charge is 0.204 e. The van der Waals surface area contributed by atoms with Crippen LogP contribution in [0.3, 0.4) is 0 Å². The van der Waals surface area contributed by atoms with E-state index in [1.165, 1.54) is 0 Å². The van der Waals surface area contributed by atoms with Crippen LogP contribution in [-0.4, -0.2) is 73.8 Å². The van der Waals surface area contributed by atoms with E-state index in [1.807, 2.05) is 32.2 Å². The number of sulfone groups is 1. The first-order chi connectivity index (χ1) is 10.4. The first-order valence-electron chi connectivity index (χ1n) is 7.61. The first kappa shape index (κ1) is 15.8. The number of aromatic nitrogens is 2. The van der Waals surface area contributed by atoms with Crippen LogP contribution in [0.4, 0.5) is 5.95 Å². The molecular formula is C14H24N4O3S. The zero-order valence-electron chi connectivity index (χ0n) is 13.4. The van der Waals surface area contributed by atoms with E-state index in [1.54, 1.807) is 0 Å². The van der Waals surface area contributed by atoms with Crippen LogP contribution in [0, 0.1) is 0 Å². The molecule has 124 valence electrons. The van der Waals surface area contributed by atoms with E-state index in [9.17, 15) is 8.42 Å². The highest BCUT2D eigenvalue weighted by atomic mass is 32.2. The zero-order chi connectivity index (χ0) is 15.9. The summed E-state index contributed by atoms with van der Waals surface area (Å²) in [6.45, 7) is 2.29. The number of anilines is 1. The lowest BCUT2D eigenvalue weighted by Gasteiger charge is -2.43. The Hall–Kier alpha value is -1.12. The molecule has 0 amide bonds. The third-order valence-corrected chi connectivity index (χ3v) is 6.81. The molecule has 3 rings (SSSR count). The van der Waals surface area contributed by atoms with Gasteiger partial charge in [0.25, 0.3) is 0 Å². The van der Waals surface area contributed by atoms with Crippen LogP contribution in [-0.2, 0) is 28.2 Å². The summed E-state index contributed by atoms with van der Waals surface area (Å²) in [4.78, 5) is 8.69. The highest BCUT2D eigenvalue weighted by molar-refractivity contribution is 7.92. The van der Waals surface area contributed by atoms with Crippen molar-refractivity contribution in [3.63, 3.8) is 0 Å². The van der Waals surface area contributed by atoms with Gasteiger partial charge in [-0.2, -0.15) is 0 Å². The average Bonchev–Trinajstić information content (AvgIpc) is 2.84. The summed E-state index contributed by atoms with van der Waals surface area (Å²) in [6, 6.07) is 0.0604. The number of fused-ring (bicyclic) bond motifs is 1. The Balaban J connectivity index is 1.80. The number of ether oxygens (including phenoxy) is 1. The van der Waals surface area contributed by atoms with Gasteiger partial charge >= 0.3 is 0 Å². The Morgan fingerprint density at radius 3 is 2.91 bits per heavy atom. The van der Waals surface area contributed by atoms with E-state index in [0.29, 0.717) is 19.8 Å². The molecule has 2 aliphatic rings. The van der Waals surface area contributed by atoms with Gasteiger partial charge in [0, 0.05) is 46.9 Å². The lowest BCUT2D eigenvalue weighted by Crippen LogP contribution is -2.58. The summed E-state index contributed by atoms with van der Waals surface area (Å²) in [6.07, 6.45) is 2.66. The number of hydrogen-bond donors (Lipinski definition) is 0. The van der Waals surface area contributed by atoms with E-state index < -0.39 is 9.84 Å². The molecule has 2 atom stereocenters. The highest BCUT2D eigenvalue weighted by Gasteiger charge is 2.43. The normalized spacial score (nSPS) is 28.3. The summed E-state index contributed by atoms with van der Waals surface area (Å²) in [5, 5.41) is -0.378. The van der Waals surface area contributed by atoms with Crippen molar-refractivity contribution >= 4 is 15.8 Å². The second-order valence-corrected chi connectivity index (χ2v) is 8.65. The van der Waals surface area contributed by atoms with E-state index in [4.69, 9.17) is 4.74 Å². The van der Waals surface area contributed by atoms with Crippen LogP contribution >= 0.6 is 0 Å². The Labute approximate surface area is 131 Å². The maximum Gasteiger partial charge on any atom is 0.204 e. The third-order valence-electron chi connectivity index (χ3n) is 4.69. The Morgan fingerprint density at radius 2 is 2.23 bits per heavy atom. The van der Waals surface area contributed by atoms with Gasteiger partial charge in [0.05, 0.1) is 24.3 Å². The topological polar surface area (TPSA) is 67.7 Å². The molecule has 2 aliphatic heterocycles. The molecule has 7 nitrogen and oxygen atoms in total. The van der Waals surface area contributed by atoms with Crippen LogP contribution in [0.5, 0.6) is 0 Å². The van der Waals surface area contributed by atoms with Crippen molar-refractivity contribution in [1.82, 2.24) is 14.5 Å². The lowest BCUT2D eigenvalue weighted by molar-refractivity contribution is 0.0306. The molecule has 3 heterocycles. The fraction of sp³-hybridized carbons (Fsp3) is 0.786. The van der Waals surface area contributed by atoms with Gasteiger partial charge in [0.1, 0.15) is 5.25 Å². The minimum atomic E-state index is -3.02. The fourth-order valence-electron chi connectivity index (χ4n) is 3.42. The summed E-state index contributed by atoms with van der Waals surface area (Å²) in [7, 11) is 2.91. The van der Waals surface area contributed by atoms with E-state index in [-0.39, 0.29) is 17.0 Å². The minimum absolute atomic E-state index is 0.0604. The van der Waals surface area contributed by atoms with E-state index in [0.717, 1.165) is 24.6 Å². The molecule has 2 unspecified atom stereocenters. The summed E-state index contributed by atoms with van der Waals surface area (Å²) in [5.74, 6) is 1.12.